The van der Waals surface area contributed by atoms with E-state index in [2.05, 4.69) is 0 Å². The van der Waals surface area contributed by atoms with Crippen LogP contribution in [-0.2, 0) is 28.9 Å². The van der Waals surface area contributed by atoms with Crippen LogP contribution < -0.4 is 0 Å². The van der Waals surface area contributed by atoms with Crippen LogP contribution in [0.1, 0.15) is 22.3 Å². The smallest absolute Gasteiger partial charge is 0.307 e. The third-order valence-electron chi connectivity index (χ3n) is 5.45. The van der Waals surface area contributed by atoms with Gasteiger partial charge in [0.05, 0.1) is 12.8 Å². The number of carboxylic acid groups (broad SMARTS) is 2. The molecule has 4 rings (SSSR count). The molecule has 4 N–H and O–H groups in total. The van der Waals surface area contributed by atoms with E-state index in [1.165, 1.54) is 0 Å². The molecule has 156 valence electrons. The molecule has 0 saturated carbocycles. The maximum Gasteiger partial charge on any atom is 0.307 e. The summed E-state index contributed by atoms with van der Waals surface area (Å²) in [6.45, 7) is 0. The molecule has 4 aromatic carbocycles. The van der Waals surface area contributed by atoms with Gasteiger partial charge in [0.2, 0.25) is 0 Å². The lowest BCUT2D eigenvalue weighted by Crippen LogP contribution is -2.04. The Bertz CT molecular complexity index is 1240. The largest absolute Gasteiger partial charge is 0.507 e. The Hall–Kier alpha value is -4.06. The minimum Gasteiger partial charge on any atom is -0.507 e. The quantitative estimate of drug-likeness (QED) is 0.374. The number of phenols is 2. The van der Waals surface area contributed by atoms with E-state index in [0.29, 0.717) is 11.1 Å². The van der Waals surface area contributed by atoms with Crippen molar-refractivity contribution in [3.63, 3.8) is 0 Å². The highest BCUT2D eigenvalue weighted by atomic mass is 16.4. The molecular formula is C25H20O6. The fourth-order valence-corrected chi connectivity index (χ4v) is 4.08. The second kappa shape index (κ2) is 7.99. The molecular weight excluding hydrogens is 396 g/mol. The van der Waals surface area contributed by atoms with E-state index >= 15 is 0 Å². The summed E-state index contributed by atoms with van der Waals surface area (Å²) in [4.78, 5) is 22.6. The van der Waals surface area contributed by atoms with Gasteiger partial charge >= 0.3 is 11.9 Å². The summed E-state index contributed by atoms with van der Waals surface area (Å²) >= 11 is 0. The van der Waals surface area contributed by atoms with E-state index in [9.17, 15) is 30.0 Å². The average molecular weight is 416 g/mol. The van der Waals surface area contributed by atoms with Gasteiger partial charge < -0.3 is 20.4 Å². The maximum absolute atomic E-state index is 11.3. The van der Waals surface area contributed by atoms with Crippen LogP contribution in [-0.4, -0.2) is 32.4 Å². The summed E-state index contributed by atoms with van der Waals surface area (Å²) in [6.07, 6.45) is -0.565. The van der Waals surface area contributed by atoms with Gasteiger partial charge in [-0.2, -0.15) is 0 Å². The number of aliphatic carboxylic acids is 2. The first-order valence-electron chi connectivity index (χ1n) is 9.73. The maximum atomic E-state index is 11.3. The third kappa shape index (κ3) is 3.88. The van der Waals surface area contributed by atoms with Crippen molar-refractivity contribution < 1.29 is 30.0 Å². The van der Waals surface area contributed by atoms with E-state index in [1.807, 2.05) is 48.5 Å². The number of aromatic hydroxyl groups is 2. The van der Waals surface area contributed by atoms with E-state index in [-0.39, 0.29) is 41.9 Å². The highest BCUT2D eigenvalue weighted by Gasteiger charge is 2.20. The fourth-order valence-electron chi connectivity index (χ4n) is 4.08. The molecule has 0 aliphatic heterocycles. The lowest BCUT2D eigenvalue weighted by atomic mass is 9.89. The van der Waals surface area contributed by atoms with Crippen molar-refractivity contribution in [2.24, 2.45) is 0 Å². The second-order valence-corrected chi connectivity index (χ2v) is 7.49. The van der Waals surface area contributed by atoms with Crippen molar-refractivity contribution in [3.05, 3.63) is 82.9 Å². The van der Waals surface area contributed by atoms with Crippen LogP contribution in [0, 0.1) is 0 Å². The summed E-state index contributed by atoms with van der Waals surface area (Å²) in [5.41, 5.74) is 1.54. The van der Waals surface area contributed by atoms with Gasteiger partial charge in [0.1, 0.15) is 11.5 Å². The van der Waals surface area contributed by atoms with Crippen LogP contribution in [0.2, 0.25) is 0 Å². The van der Waals surface area contributed by atoms with Crippen molar-refractivity contribution in [1.82, 2.24) is 0 Å². The predicted molar refractivity (Wildman–Crippen MR) is 117 cm³/mol. The van der Waals surface area contributed by atoms with Gasteiger partial charge in [-0.3, -0.25) is 9.59 Å². The number of fused-ring (bicyclic) bond motifs is 2. The summed E-state index contributed by atoms with van der Waals surface area (Å²) in [5, 5.41) is 43.4. The average Bonchev–Trinajstić information content (AvgIpc) is 2.72. The second-order valence-electron chi connectivity index (χ2n) is 7.49. The van der Waals surface area contributed by atoms with Crippen LogP contribution in [0.4, 0.5) is 0 Å². The fraction of sp³-hybridized carbons (Fsp3) is 0.120. The Labute approximate surface area is 177 Å². The van der Waals surface area contributed by atoms with Crippen molar-refractivity contribution in [1.29, 1.82) is 0 Å². The molecule has 31 heavy (non-hydrogen) atoms. The van der Waals surface area contributed by atoms with E-state index < -0.39 is 11.9 Å². The first-order valence-corrected chi connectivity index (χ1v) is 9.73. The van der Waals surface area contributed by atoms with Crippen LogP contribution in [0.5, 0.6) is 11.5 Å². The van der Waals surface area contributed by atoms with Crippen LogP contribution in [0.25, 0.3) is 21.5 Å². The number of rotatable bonds is 6. The molecule has 0 saturated heterocycles. The summed E-state index contributed by atoms with van der Waals surface area (Å²) in [6, 6.07) is 17.9. The minimum absolute atomic E-state index is 0.111. The van der Waals surface area contributed by atoms with E-state index in [1.54, 1.807) is 12.1 Å². The lowest BCUT2D eigenvalue weighted by molar-refractivity contribution is -0.137. The van der Waals surface area contributed by atoms with Gasteiger partial charge in [0.15, 0.2) is 0 Å². The molecule has 0 aliphatic rings. The van der Waals surface area contributed by atoms with Gasteiger partial charge in [-0.1, -0.05) is 48.5 Å². The predicted octanol–water partition coefficient (Wildman–Crippen LogP) is 4.25. The Morgan fingerprint density at radius 2 is 1.03 bits per heavy atom. The summed E-state index contributed by atoms with van der Waals surface area (Å²) in [7, 11) is 0. The zero-order valence-corrected chi connectivity index (χ0v) is 16.5. The van der Waals surface area contributed by atoms with Crippen LogP contribution in [0.15, 0.2) is 60.7 Å². The van der Waals surface area contributed by atoms with Gasteiger partial charge in [0, 0.05) is 28.7 Å². The van der Waals surface area contributed by atoms with Gasteiger partial charge in [-0.05, 0) is 33.7 Å². The van der Waals surface area contributed by atoms with Gasteiger partial charge in [-0.25, -0.2) is 0 Å². The van der Waals surface area contributed by atoms with E-state index in [0.717, 1.165) is 21.5 Å². The summed E-state index contributed by atoms with van der Waals surface area (Å²) in [5.74, 6) is -2.39. The monoisotopic (exact) mass is 416 g/mol. The molecule has 6 heteroatoms. The Kier molecular flexibility index (Phi) is 5.21. The Morgan fingerprint density at radius 3 is 1.42 bits per heavy atom. The lowest BCUT2D eigenvalue weighted by Gasteiger charge is -2.17. The molecule has 0 radical (unpaired) electrons. The topological polar surface area (TPSA) is 115 Å². The SMILES string of the molecule is O=C(O)Cc1cc2ccccc2c(Cc2c(O)c(CC(=O)O)cc3ccccc23)c1O. The van der Waals surface area contributed by atoms with Crippen molar-refractivity contribution in [2.75, 3.05) is 0 Å². The zero-order valence-electron chi connectivity index (χ0n) is 16.5. The number of carbonyl (C=O) groups is 2. The highest BCUT2D eigenvalue weighted by molar-refractivity contribution is 5.93. The zero-order chi connectivity index (χ0) is 22.1. The van der Waals surface area contributed by atoms with Crippen molar-refractivity contribution in [3.8, 4) is 11.5 Å². The van der Waals surface area contributed by atoms with Crippen LogP contribution >= 0.6 is 0 Å². The molecule has 0 spiro atoms. The first kappa shape index (κ1) is 20.2. The number of carboxylic acids is 2. The van der Waals surface area contributed by atoms with Crippen LogP contribution in [0.3, 0.4) is 0 Å². The first-order chi connectivity index (χ1) is 14.8. The molecule has 0 atom stereocenters. The Balaban J connectivity index is 1.97. The molecule has 0 aromatic heterocycles. The Morgan fingerprint density at radius 1 is 0.645 bits per heavy atom. The normalized spacial score (nSPS) is 11.1. The third-order valence-corrected chi connectivity index (χ3v) is 5.45. The van der Waals surface area contributed by atoms with Crippen molar-refractivity contribution in [2.45, 2.75) is 19.3 Å². The minimum atomic E-state index is -1.06. The number of hydrogen-bond acceptors (Lipinski definition) is 4. The molecule has 4 aromatic rings. The number of hydrogen-bond donors (Lipinski definition) is 4. The van der Waals surface area contributed by atoms with Crippen molar-refractivity contribution >= 4 is 33.5 Å². The molecule has 0 unspecified atom stereocenters. The molecule has 0 amide bonds. The van der Waals surface area contributed by atoms with Gasteiger partial charge in [-0.15, -0.1) is 0 Å². The number of phenolic OH excluding ortho intramolecular Hbond substituents is 2. The van der Waals surface area contributed by atoms with E-state index in [4.69, 9.17) is 0 Å². The summed E-state index contributed by atoms with van der Waals surface area (Å²) < 4.78 is 0. The molecule has 6 nitrogen and oxygen atoms in total. The highest BCUT2D eigenvalue weighted by Crippen LogP contribution is 2.39. The molecule has 0 fully saturated rings. The number of benzene rings is 4. The standard InChI is InChI=1S/C25H20O6/c26-22(27)11-16-9-14-5-1-3-7-18(14)20(24(16)30)13-21-19-8-4-2-6-15(19)10-17(25(21)31)12-23(28)29/h1-10,30-31H,11-13H2,(H,26,27)(H,28,29). The molecule has 0 bridgehead atoms. The van der Waals surface area contributed by atoms with Gasteiger partial charge in [0.25, 0.3) is 0 Å². The molecule has 0 heterocycles. The molecule has 0 aliphatic carbocycles.